The molecular formula is C15H13ClN2O. The zero-order chi connectivity index (χ0) is 13.6. The molecule has 1 aromatic heterocycles. The Balaban J connectivity index is 2.12. The molecule has 2 heterocycles. The van der Waals surface area contributed by atoms with E-state index in [9.17, 15) is 4.79 Å². The molecular weight excluding hydrogens is 260 g/mol. The highest BCUT2D eigenvalue weighted by Gasteiger charge is 2.24. The van der Waals surface area contributed by atoms with Crippen molar-refractivity contribution >= 4 is 34.8 Å². The average molecular weight is 273 g/mol. The molecule has 1 aliphatic heterocycles. The summed E-state index contributed by atoms with van der Waals surface area (Å²) in [4.78, 5) is 15.3. The molecule has 1 amide bonds. The van der Waals surface area contributed by atoms with E-state index in [1.807, 2.05) is 32.1 Å². The van der Waals surface area contributed by atoms with Gasteiger partial charge in [-0.2, -0.15) is 0 Å². The molecule has 0 bridgehead atoms. The van der Waals surface area contributed by atoms with Crippen molar-refractivity contribution in [2.45, 2.75) is 13.8 Å². The molecule has 0 saturated carbocycles. The van der Waals surface area contributed by atoms with E-state index in [1.54, 1.807) is 12.1 Å². The van der Waals surface area contributed by atoms with Crippen LogP contribution in [0.3, 0.4) is 0 Å². The van der Waals surface area contributed by atoms with Gasteiger partial charge in [-0.15, -0.1) is 0 Å². The third-order valence-electron chi connectivity index (χ3n) is 3.25. The van der Waals surface area contributed by atoms with Gasteiger partial charge in [-0.25, -0.2) is 0 Å². The van der Waals surface area contributed by atoms with Gasteiger partial charge in [0.25, 0.3) is 5.91 Å². The molecule has 2 N–H and O–H groups in total. The summed E-state index contributed by atoms with van der Waals surface area (Å²) in [5.41, 5.74) is 5.51. The van der Waals surface area contributed by atoms with E-state index in [0.717, 1.165) is 28.2 Å². The monoisotopic (exact) mass is 272 g/mol. The number of amides is 1. The predicted molar refractivity (Wildman–Crippen MR) is 78.2 cm³/mol. The number of benzene rings is 1. The maximum atomic E-state index is 12.0. The minimum Gasteiger partial charge on any atom is -0.362 e. The van der Waals surface area contributed by atoms with Crippen molar-refractivity contribution in [2.24, 2.45) is 0 Å². The number of carbonyl (C=O) groups is 1. The van der Waals surface area contributed by atoms with Crippen molar-refractivity contribution in [3.05, 3.63) is 51.8 Å². The van der Waals surface area contributed by atoms with Crippen molar-refractivity contribution < 1.29 is 4.79 Å². The van der Waals surface area contributed by atoms with Crippen LogP contribution in [0.1, 0.15) is 22.5 Å². The van der Waals surface area contributed by atoms with Crippen molar-refractivity contribution in [2.75, 3.05) is 5.32 Å². The molecule has 4 heteroatoms. The van der Waals surface area contributed by atoms with Crippen molar-refractivity contribution in [3.63, 3.8) is 0 Å². The van der Waals surface area contributed by atoms with Gasteiger partial charge in [0, 0.05) is 27.5 Å². The van der Waals surface area contributed by atoms with Crippen molar-refractivity contribution in [1.29, 1.82) is 0 Å². The lowest BCUT2D eigenvalue weighted by Crippen LogP contribution is -2.03. The number of anilines is 1. The van der Waals surface area contributed by atoms with Gasteiger partial charge in [0.2, 0.25) is 0 Å². The second-order valence-electron chi connectivity index (χ2n) is 4.73. The molecule has 0 fully saturated rings. The summed E-state index contributed by atoms with van der Waals surface area (Å²) < 4.78 is 0. The summed E-state index contributed by atoms with van der Waals surface area (Å²) >= 11 is 5.93. The van der Waals surface area contributed by atoms with E-state index in [-0.39, 0.29) is 5.91 Å². The summed E-state index contributed by atoms with van der Waals surface area (Å²) in [6, 6.07) is 7.47. The van der Waals surface area contributed by atoms with Crippen LogP contribution in [0.25, 0.3) is 11.6 Å². The first kappa shape index (κ1) is 12.1. The number of halogens is 1. The summed E-state index contributed by atoms with van der Waals surface area (Å²) in [5.74, 6) is -0.0875. The number of H-pyrrole nitrogens is 1. The SMILES string of the molecule is Cc1cc(/C=C2/C(=O)Nc3cc(Cl)ccc32)c(C)[nH]1. The fourth-order valence-corrected chi connectivity index (χ4v) is 2.53. The molecule has 0 spiro atoms. The summed E-state index contributed by atoms with van der Waals surface area (Å²) in [6.45, 7) is 3.99. The van der Waals surface area contributed by atoms with Gasteiger partial charge < -0.3 is 10.3 Å². The molecule has 19 heavy (non-hydrogen) atoms. The highest BCUT2D eigenvalue weighted by Crippen LogP contribution is 2.35. The molecule has 0 aliphatic carbocycles. The molecule has 2 aromatic rings. The summed E-state index contributed by atoms with van der Waals surface area (Å²) in [6.07, 6.45) is 1.91. The number of aryl methyl sites for hydroxylation is 2. The number of carbonyl (C=O) groups excluding carboxylic acids is 1. The van der Waals surface area contributed by atoms with Crippen molar-refractivity contribution in [1.82, 2.24) is 4.98 Å². The highest BCUT2D eigenvalue weighted by molar-refractivity contribution is 6.36. The smallest absolute Gasteiger partial charge is 0.256 e. The molecule has 0 saturated heterocycles. The standard InChI is InChI=1S/C15H13ClN2O/c1-8-5-10(9(2)17-8)6-13-12-4-3-11(16)7-14(12)18-15(13)19/h3-7,17H,1-2H3,(H,18,19)/b13-6+. The van der Waals surface area contributed by atoms with E-state index >= 15 is 0 Å². The Morgan fingerprint density at radius 2 is 2.00 bits per heavy atom. The second kappa shape index (κ2) is 4.28. The molecule has 0 atom stereocenters. The van der Waals surface area contributed by atoms with Crippen LogP contribution in [-0.4, -0.2) is 10.9 Å². The Morgan fingerprint density at radius 1 is 1.21 bits per heavy atom. The average Bonchev–Trinajstić information content (AvgIpc) is 2.80. The van der Waals surface area contributed by atoms with Crippen LogP contribution in [0.2, 0.25) is 5.02 Å². The van der Waals surface area contributed by atoms with Gasteiger partial charge in [-0.3, -0.25) is 4.79 Å². The number of hydrogen-bond donors (Lipinski definition) is 2. The van der Waals surface area contributed by atoms with Gasteiger partial charge >= 0.3 is 0 Å². The first-order valence-corrected chi connectivity index (χ1v) is 6.41. The molecule has 1 aromatic carbocycles. The molecule has 0 radical (unpaired) electrons. The van der Waals surface area contributed by atoms with Crippen LogP contribution in [0.5, 0.6) is 0 Å². The van der Waals surface area contributed by atoms with Gasteiger partial charge in [0.1, 0.15) is 0 Å². The minimum atomic E-state index is -0.0875. The lowest BCUT2D eigenvalue weighted by molar-refractivity contribution is -0.110. The van der Waals surface area contributed by atoms with Gasteiger partial charge in [-0.1, -0.05) is 17.7 Å². The number of fused-ring (bicyclic) bond motifs is 1. The van der Waals surface area contributed by atoms with Gasteiger partial charge in [0.15, 0.2) is 0 Å². The largest absolute Gasteiger partial charge is 0.362 e. The fraction of sp³-hybridized carbons (Fsp3) is 0.133. The normalized spacial score (nSPS) is 15.7. The van der Waals surface area contributed by atoms with E-state index < -0.39 is 0 Å². The van der Waals surface area contributed by atoms with E-state index in [1.165, 1.54) is 0 Å². The Bertz CT molecular complexity index is 713. The van der Waals surface area contributed by atoms with Crippen LogP contribution in [0, 0.1) is 13.8 Å². The second-order valence-corrected chi connectivity index (χ2v) is 5.17. The zero-order valence-electron chi connectivity index (χ0n) is 10.7. The minimum absolute atomic E-state index is 0.0875. The molecule has 1 aliphatic rings. The third kappa shape index (κ3) is 2.06. The van der Waals surface area contributed by atoms with Gasteiger partial charge in [-0.05, 0) is 43.7 Å². The number of rotatable bonds is 1. The topological polar surface area (TPSA) is 44.9 Å². The Kier molecular flexibility index (Phi) is 2.72. The lowest BCUT2D eigenvalue weighted by Gasteiger charge is -1.98. The molecule has 3 nitrogen and oxygen atoms in total. The summed E-state index contributed by atoms with van der Waals surface area (Å²) in [5, 5.41) is 3.45. The van der Waals surface area contributed by atoms with Crippen LogP contribution in [0.15, 0.2) is 24.3 Å². The zero-order valence-corrected chi connectivity index (χ0v) is 11.4. The number of nitrogens with one attached hydrogen (secondary N) is 2. The Hall–Kier alpha value is -2.00. The first-order chi connectivity index (χ1) is 9.04. The van der Waals surface area contributed by atoms with Crippen molar-refractivity contribution in [3.8, 4) is 0 Å². The summed E-state index contributed by atoms with van der Waals surface area (Å²) in [7, 11) is 0. The van der Waals surface area contributed by atoms with Crippen LogP contribution < -0.4 is 5.32 Å². The predicted octanol–water partition coefficient (Wildman–Crippen LogP) is 3.78. The highest BCUT2D eigenvalue weighted by atomic mass is 35.5. The van der Waals surface area contributed by atoms with Gasteiger partial charge in [0.05, 0.1) is 5.69 Å². The number of hydrogen-bond acceptors (Lipinski definition) is 1. The lowest BCUT2D eigenvalue weighted by atomic mass is 10.0. The third-order valence-corrected chi connectivity index (χ3v) is 3.49. The quantitative estimate of drug-likeness (QED) is 0.763. The van der Waals surface area contributed by atoms with Crippen LogP contribution in [0.4, 0.5) is 5.69 Å². The molecule has 0 unspecified atom stereocenters. The van der Waals surface area contributed by atoms with E-state index in [4.69, 9.17) is 11.6 Å². The molecule has 3 rings (SSSR count). The Morgan fingerprint density at radius 3 is 2.68 bits per heavy atom. The maximum absolute atomic E-state index is 12.0. The van der Waals surface area contributed by atoms with Crippen LogP contribution in [-0.2, 0) is 4.79 Å². The van der Waals surface area contributed by atoms with E-state index in [0.29, 0.717) is 10.6 Å². The number of aromatic amines is 1. The molecule has 96 valence electrons. The number of aromatic nitrogens is 1. The van der Waals surface area contributed by atoms with Crippen LogP contribution >= 0.6 is 11.6 Å². The fourth-order valence-electron chi connectivity index (χ4n) is 2.36. The van der Waals surface area contributed by atoms with E-state index in [2.05, 4.69) is 10.3 Å². The maximum Gasteiger partial charge on any atom is 0.256 e. The Labute approximate surface area is 116 Å². The first-order valence-electron chi connectivity index (χ1n) is 6.04.